The maximum atomic E-state index is 12.3. The number of carboxylic acids is 1. The minimum absolute atomic E-state index is 0.0891. The van der Waals surface area contributed by atoms with E-state index in [4.69, 9.17) is 33.0 Å². The Morgan fingerprint density at radius 2 is 2.00 bits per heavy atom. The van der Waals surface area contributed by atoms with Crippen LogP contribution in [0.3, 0.4) is 0 Å². The van der Waals surface area contributed by atoms with Gasteiger partial charge in [0.25, 0.3) is 5.91 Å². The third-order valence-electron chi connectivity index (χ3n) is 2.62. The average Bonchev–Trinajstić information content (AvgIpc) is 2.42. The van der Waals surface area contributed by atoms with Crippen LogP contribution in [0.5, 0.6) is 5.75 Å². The van der Waals surface area contributed by atoms with Gasteiger partial charge in [0.05, 0.1) is 5.02 Å². The fourth-order valence-electron chi connectivity index (χ4n) is 1.51. The van der Waals surface area contributed by atoms with E-state index >= 15 is 0 Å². The summed E-state index contributed by atoms with van der Waals surface area (Å²) in [5.41, 5.74) is 0. The van der Waals surface area contributed by atoms with Gasteiger partial charge in [0.1, 0.15) is 16.8 Å². The molecule has 0 spiro atoms. The first kappa shape index (κ1) is 18.4. The SMILES string of the molecule is CC(Oc1cccc(Cl)c1Cl)C(=O)NC(CC(F)F)C(=O)O. The molecule has 1 aromatic carbocycles. The van der Waals surface area contributed by atoms with Gasteiger partial charge < -0.3 is 15.2 Å². The van der Waals surface area contributed by atoms with Crippen LogP contribution in [0.25, 0.3) is 0 Å². The Balaban J connectivity index is 2.72. The third kappa shape index (κ3) is 5.31. The lowest BCUT2D eigenvalue weighted by molar-refractivity contribution is -0.144. The number of hydrogen-bond acceptors (Lipinski definition) is 3. The number of aliphatic carboxylic acids is 1. The van der Waals surface area contributed by atoms with Crippen LogP contribution < -0.4 is 10.1 Å². The summed E-state index contributed by atoms with van der Waals surface area (Å²) in [7, 11) is 0. The predicted octanol–water partition coefficient (Wildman–Crippen LogP) is 2.99. The highest BCUT2D eigenvalue weighted by Crippen LogP contribution is 2.32. The highest BCUT2D eigenvalue weighted by molar-refractivity contribution is 6.42. The molecule has 2 N–H and O–H groups in total. The fourth-order valence-corrected chi connectivity index (χ4v) is 1.84. The van der Waals surface area contributed by atoms with Crippen LogP contribution in [-0.4, -0.2) is 35.6 Å². The van der Waals surface area contributed by atoms with Crippen LogP contribution in [0.1, 0.15) is 13.3 Å². The van der Waals surface area contributed by atoms with E-state index in [1.54, 1.807) is 6.07 Å². The van der Waals surface area contributed by atoms with E-state index in [2.05, 4.69) is 0 Å². The normalized spacial score (nSPS) is 13.5. The molecule has 2 unspecified atom stereocenters. The van der Waals surface area contributed by atoms with E-state index in [0.29, 0.717) is 0 Å². The standard InChI is InChI=1S/C13H13Cl2F2NO4/c1-6(22-9-4-2-3-7(14)11(9)15)12(19)18-8(13(20)21)5-10(16)17/h2-4,6,8,10H,5H2,1H3,(H,18,19)(H,20,21). The van der Waals surface area contributed by atoms with Crippen molar-refractivity contribution in [3.05, 3.63) is 28.2 Å². The third-order valence-corrected chi connectivity index (χ3v) is 3.42. The van der Waals surface area contributed by atoms with Gasteiger partial charge in [0.15, 0.2) is 6.10 Å². The van der Waals surface area contributed by atoms with Crippen molar-refractivity contribution >= 4 is 35.1 Å². The predicted molar refractivity (Wildman–Crippen MR) is 76.7 cm³/mol. The van der Waals surface area contributed by atoms with Crippen molar-refractivity contribution in [2.75, 3.05) is 0 Å². The summed E-state index contributed by atoms with van der Waals surface area (Å²) < 4.78 is 29.8. The summed E-state index contributed by atoms with van der Waals surface area (Å²) >= 11 is 11.7. The number of carbonyl (C=O) groups is 2. The van der Waals surface area contributed by atoms with E-state index in [0.717, 1.165) is 0 Å². The summed E-state index contributed by atoms with van der Waals surface area (Å²) in [6, 6.07) is 2.83. The summed E-state index contributed by atoms with van der Waals surface area (Å²) in [5.74, 6) is -2.29. The molecule has 0 saturated carbocycles. The molecule has 0 radical (unpaired) electrons. The molecule has 1 amide bonds. The Kier molecular flexibility index (Phi) is 6.83. The van der Waals surface area contributed by atoms with Gasteiger partial charge in [-0.25, -0.2) is 13.6 Å². The maximum absolute atomic E-state index is 12.3. The van der Waals surface area contributed by atoms with E-state index in [9.17, 15) is 18.4 Å². The number of alkyl halides is 2. The van der Waals surface area contributed by atoms with Gasteiger partial charge in [-0.05, 0) is 19.1 Å². The molecule has 0 bridgehead atoms. The quantitative estimate of drug-likeness (QED) is 0.788. The highest BCUT2D eigenvalue weighted by Gasteiger charge is 2.27. The van der Waals surface area contributed by atoms with Gasteiger partial charge >= 0.3 is 5.97 Å². The molecule has 0 saturated heterocycles. The van der Waals surface area contributed by atoms with E-state index < -0.39 is 36.9 Å². The Bertz CT molecular complexity index is 557. The lowest BCUT2D eigenvalue weighted by atomic mass is 10.2. The van der Waals surface area contributed by atoms with Crippen LogP contribution in [0, 0.1) is 0 Å². The smallest absolute Gasteiger partial charge is 0.326 e. The number of hydrogen-bond donors (Lipinski definition) is 2. The van der Waals surface area contributed by atoms with Crippen LogP contribution in [0.4, 0.5) is 8.78 Å². The van der Waals surface area contributed by atoms with E-state index in [1.165, 1.54) is 19.1 Å². The molecule has 2 atom stereocenters. The molecular weight excluding hydrogens is 343 g/mol. The second-order valence-electron chi connectivity index (χ2n) is 4.34. The molecule has 1 rings (SSSR count). The van der Waals surface area contributed by atoms with Crippen LogP contribution in [-0.2, 0) is 9.59 Å². The monoisotopic (exact) mass is 355 g/mol. The van der Waals surface area contributed by atoms with Gasteiger partial charge in [-0.15, -0.1) is 0 Å². The van der Waals surface area contributed by atoms with Crippen LogP contribution >= 0.6 is 23.2 Å². The van der Waals surface area contributed by atoms with Crippen molar-refractivity contribution in [3.63, 3.8) is 0 Å². The number of nitrogens with one attached hydrogen (secondary N) is 1. The highest BCUT2D eigenvalue weighted by atomic mass is 35.5. The number of halogens is 4. The van der Waals surface area contributed by atoms with Crippen molar-refractivity contribution in [2.24, 2.45) is 0 Å². The van der Waals surface area contributed by atoms with Crippen molar-refractivity contribution in [2.45, 2.75) is 31.9 Å². The first-order chi connectivity index (χ1) is 10.2. The number of benzene rings is 1. The van der Waals surface area contributed by atoms with Crippen molar-refractivity contribution in [1.29, 1.82) is 0 Å². The molecule has 122 valence electrons. The van der Waals surface area contributed by atoms with Crippen molar-refractivity contribution in [3.8, 4) is 5.75 Å². The molecule has 0 aliphatic rings. The summed E-state index contributed by atoms with van der Waals surface area (Å²) in [6.45, 7) is 1.33. The molecule has 9 heteroatoms. The topological polar surface area (TPSA) is 75.6 Å². The Morgan fingerprint density at radius 1 is 1.36 bits per heavy atom. The van der Waals surface area contributed by atoms with Crippen molar-refractivity contribution < 1.29 is 28.2 Å². The molecular formula is C13H13Cl2F2NO4. The van der Waals surface area contributed by atoms with Gasteiger partial charge in [0.2, 0.25) is 6.43 Å². The second kappa shape index (κ2) is 8.14. The first-order valence-corrected chi connectivity index (χ1v) is 6.90. The molecule has 0 fully saturated rings. The van der Waals surface area contributed by atoms with E-state index in [1.807, 2.05) is 5.32 Å². The van der Waals surface area contributed by atoms with Crippen molar-refractivity contribution in [1.82, 2.24) is 5.32 Å². The van der Waals surface area contributed by atoms with E-state index in [-0.39, 0.29) is 15.8 Å². The minimum Gasteiger partial charge on any atom is -0.480 e. The minimum atomic E-state index is -2.86. The Morgan fingerprint density at radius 3 is 2.55 bits per heavy atom. The summed E-state index contributed by atoms with van der Waals surface area (Å²) in [5, 5.41) is 11.1. The summed E-state index contributed by atoms with van der Waals surface area (Å²) in [6.07, 6.45) is -5.00. The molecule has 0 aromatic heterocycles. The number of carboxylic acid groups (broad SMARTS) is 1. The van der Waals surface area contributed by atoms with Gasteiger partial charge in [-0.1, -0.05) is 29.3 Å². The van der Waals surface area contributed by atoms with Gasteiger partial charge in [0, 0.05) is 6.42 Å². The number of carbonyl (C=O) groups excluding carboxylic acids is 1. The molecule has 0 aliphatic carbocycles. The molecule has 5 nitrogen and oxygen atoms in total. The zero-order chi connectivity index (χ0) is 16.9. The fraction of sp³-hybridized carbons (Fsp3) is 0.385. The molecule has 22 heavy (non-hydrogen) atoms. The lowest BCUT2D eigenvalue weighted by Gasteiger charge is -2.19. The lowest BCUT2D eigenvalue weighted by Crippen LogP contribution is -2.47. The summed E-state index contributed by atoms with van der Waals surface area (Å²) in [4.78, 5) is 22.6. The number of ether oxygens (including phenoxy) is 1. The first-order valence-electron chi connectivity index (χ1n) is 6.14. The zero-order valence-corrected chi connectivity index (χ0v) is 12.9. The Hall–Kier alpha value is -1.60. The molecule has 1 aromatic rings. The largest absolute Gasteiger partial charge is 0.480 e. The average molecular weight is 356 g/mol. The molecule has 0 aliphatic heterocycles. The number of amides is 1. The van der Waals surface area contributed by atoms with Gasteiger partial charge in [-0.2, -0.15) is 0 Å². The second-order valence-corrected chi connectivity index (χ2v) is 5.12. The number of rotatable bonds is 7. The Labute approximate surface area is 135 Å². The van der Waals surface area contributed by atoms with Crippen LogP contribution in [0.2, 0.25) is 10.0 Å². The van der Waals surface area contributed by atoms with Crippen LogP contribution in [0.15, 0.2) is 18.2 Å². The maximum Gasteiger partial charge on any atom is 0.326 e. The molecule has 0 heterocycles. The zero-order valence-electron chi connectivity index (χ0n) is 11.4. The van der Waals surface area contributed by atoms with Gasteiger partial charge in [-0.3, -0.25) is 4.79 Å².